The number of furan rings is 1. The lowest BCUT2D eigenvalue weighted by atomic mass is 9.98. The van der Waals surface area contributed by atoms with Gasteiger partial charge in [-0.25, -0.2) is 0 Å². The lowest BCUT2D eigenvalue weighted by Crippen LogP contribution is -2.09. The molecule has 0 N–H and O–H groups in total. The number of hydrogen-bond donors (Lipinski definition) is 0. The van der Waals surface area contributed by atoms with Crippen molar-refractivity contribution < 1.29 is 4.42 Å². The Morgan fingerprint density at radius 2 is 0.593 bits per heavy atom. The Labute approximate surface area is 314 Å². The number of hydrogen-bond acceptors (Lipinski definition) is 2. The molecule has 9 aromatic carbocycles. The van der Waals surface area contributed by atoms with Crippen LogP contribution in [0.3, 0.4) is 0 Å². The predicted molar refractivity (Wildman–Crippen MR) is 228 cm³/mol. The second-order valence-corrected chi connectivity index (χ2v) is 13.9. The van der Waals surface area contributed by atoms with Crippen LogP contribution in [0.2, 0.25) is 0 Å². The molecule has 0 saturated carbocycles. The third-order valence-electron chi connectivity index (χ3n) is 10.5. The third-order valence-corrected chi connectivity index (χ3v) is 10.5. The van der Waals surface area contributed by atoms with Gasteiger partial charge in [-0.15, -0.1) is 0 Å². The Bertz CT molecular complexity index is 2900. The minimum absolute atomic E-state index is 0.901. The highest BCUT2D eigenvalue weighted by atomic mass is 16.3. The van der Waals surface area contributed by atoms with Gasteiger partial charge < -0.3 is 9.32 Å². The molecule has 0 unspecified atom stereocenters. The van der Waals surface area contributed by atoms with Gasteiger partial charge in [0.1, 0.15) is 5.58 Å². The molecule has 0 bridgehead atoms. The first-order chi connectivity index (χ1) is 26.7. The number of fused-ring (bicyclic) bond motifs is 3. The van der Waals surface area contributed by atoms with Gasteiger partial charge in [0.2, 0.25) is 0 Å². The van der Waals surface area contributed by atoms with Crippen molar-refractivity contribution in [1.29, 1.82) is 0 Å². The third kappa shape index (κ3) is 6.00. The average Bonchev–Trinajstić information content (AvgIpc) is 3.73. The summed E-state index contributed by atoms with van der Waals surface area (Å²) in [5, 5.41) is 6.12. The van der Waals surface area contributed by atoms with E-state index in [4.69, 9.17) is 4.42 Å². The van der Waals surface area contributed by atoms with E-state index >= 15 is 0 Å². The normalized spacial score (nSPS) is 11.3. The fraction of sp³-hybridized carbons (Fsp3) is 0. The molecule has 0 radical (unpaired) electrons. The summed E-state index contributed by atoms with van der Waals surface area (Å²) in [4.78, 5) is 2.33. The van der Waals surface area contributed by atoms with E-state index in [0.29, 0.717) is 0 Å². The molecule has 0 aliphatic rings. The van der Waals surface area contributed by atoms with Gasteiger partial charge in [0.25, 0.3) is 0 Å². The molecule has 2 heteroatoms. The standard InChI is InChI=1S/C52H35NO/c1-3-7-43-33-45(15-13-36(43)5-1)40-11-9-38(10-12-40)39-17-24-49(25-18-39)53(51-28-21-42(22-29-51)47-23-30-52-48(35-47)31-32-54-52)50-26-19-41(20-27-50)46-16-14-37-6-2-4-8-44(37)34-46/h1-35H. The highest BCUT2D eigenvalue weighted by molar-refractivity contribution is 5.90. The number of rotatable bonds is 7. The van der Waals surface area contributed by atoms with Crippen molar-refractivity contribution in [2.45, 2.75) is 0 Å². The van der Waals surface area contributed by atoms with Crippen LogP contribution < -0.4 is 4.90 Å². The van der Waals surface area contributed by atoms with Crippen LogP contribution in [-0.2, 0) is 0 Å². The lowest BCUT2D eigenvalue weighted by Gasteiger charge is -2.26. The fourth-order valence-electron chi connectivity index (χ4n) is 7.60. The second-order valence-electron chi connectivity index (χ2n) is 13.9. The maximum Gasteiger partial charge on any atom is 0.133 e. The zero-order valence-corrected chi connectivity index (χ0v) is 29.6. The van der Waals surface area contributed by atoms with Gasteiger partial charge in [-0.2, -0.15) is 0 Å². The molecule has 0 aliphatic carbocycles. The minimum Gasteiger partial charge on any atom is -0.464 e. The maximum atomic E-state index is 5.58. The van der Waals surface area contributed by atoms with Crippen LogP contribution in [-0.4, -0.2) is 0 Å². The second kappa shape index (κ2) is 13.4. The van der Waals surface area contributed by atoms with E-state index in [1.807, 2.05) is 12.1 Å². The van der Waals surface area contributed by atoms with Gasteiger partial charge >= 0.3 is 0 Å². The van der Waals surface area contributed by atoms with Gasteiger partial charge in [0.05, 0.1) is 6.26 Å². The molecule has 0 fully saturated rings. The van der Waals surface area contributed by atoms with E-state index in [1.54, 1.807) is 6.26 Å². The zero-order chi connectivity index (χ0) is 35.8. The summed E-state index contributed by atoms with van der Waals surface area (Å²) in [5.74, 6) is 0. The van der Waals surface area contributed by atoms with Crippen molar-refractivity contribution in [2.75, 3.05) is 4.90 Å². The van der Waals surface area contributed by atoms with E-state index in [1.165, 1.54) is 54.9 Å². The molecular weight excluding hydrogens is 655 g/mol. The van der Waals surface area contributed by atoms with E-state index in [9.17, 15) is 0 Å². The van der Waals surface area contributed by atoms with Crippen molar-refractivity contribution in [3.63, 3.8) is 0 Å². The number of benzene rings is 9. The van der Waals surface area contributed by atoms with Gasteiger partial charge in [0.15, 0.2) is 0 Å². The van der Waals surface area contributed by atoms with Crippen molar-refractivity contribution >= 4 is 49.6 Å². The molecule has 0 spiro atoms. The summed E-state index contributed by atoms with van der Waals surface area (Å²) in [7, 11) is 0. The summed E-state index contributed by atoms with van der Waals surface area (Å²) in [5.41, 5.74) is 13.7. The summed E-state index contributed by atoms with van der Waals surface area (Å²) in [6.07, 6.45) is 1.74. The molecule has 0 aliphatic heterocycles. The highest BCUT2D eigenvalue weighted by Crippen LogP contribution is 2.38. The monoisotopic (exact) mass is 689 g/mol. The SMILES string of the molecule is c1ccc2cc(-c3ccc(-c4ccc(N(c5ccc(-c6ccc7ccccc7c6)cc5)c5ccc(-c6ccc7occc7c6)cc5)cc4)cc3)ccc2c1. The zero-order valence-electron chi connectivity index (χ0n) is 29.6. The van der Waals surface area contributed by atoms with E-state index in [2.05, 4.69) is 199 Å². The Balaban J connectivity index is 0.975. The van der Waals surface area contributed by atoms with E-state index in [0.717, 1.165) is 39.2 Å². The number of nitrogens with zero attached hydrogens (tertiary/aromatic N) is 1. The smallest absolute Gasteiger partial charge is 0.133 e. The molecule has 0 saturated heterocycles. The summed E-state index contributed by atoms with van der Waals surface area (Å²) < 4.78 is 5.58. The van der Waals surface area contributed by atoms with Crippen LogP contribution >= 0.6 is 0 Å². The van der Waals surface area contributed by atoms with Crippen molar-refractivity contribution in [1.82, 2.24) is 0 Å². The Kier molecular flexibility index (Phi) is 7.85. The molecule has 2 nitrogen and oxygen atoms in total. The number of anilines is 3. The first kappa shape index (κ1) is 31.6. The molecule has 0 atom stereocenters. The van der Waals surface area contributed by atoms with Crippen LogP contribution in [0, 0.1) is 0 Å². The minimum atomic E-state index is 0.901. The molecule has 10 rings (SSSR count). The molecule has 1 aromatic heterocycles. The average molecular weight is 690 g/mol. The van der Waals surface area contributed by atoms with E-state index in [-0.39, 0.29) is 0 Å². The van der Waals surface area contributed by atoms with Crippen LogP contribution in [0.25, 0.3) is 77.0 Å². The molecule has 54 heavy (non-hydrogen) atoms. The van der Waals surface area contributed by atoms with Crippen LogP contribution in [0.4, 0.5) is 17.1 Å². The quantitative estimate of drug-likeness (QED) is 0.166. The highest BCUT2D eigenvalue weighted by Gasteiger charge is 2.14. The van der Waals surface area contributed by atoms with Crippen LogP contribution in [0.5, 0.6) is 0 Å². The van der Waals surface area contributed by atoms with Crippen molar-refractivity contribution in [2.24, 2.45) is 0 Å². The van der Waals surface area contributed by atoms with Gasteiger partial charge in [0, 0.05) is 22.4 Å². The predicted octanol–water partition coefficient (Wildman–Crippen LogP) is 14.9. The Hall–Kier alpha value is -7.16. The topological polar surface area (TPSA) is 16.4 Å². The first-order valence-electron chi connectivity index (χ1n) is 18.4. The maximum absolute atomic E-state index is 5.58. The Morgan fingerprint density at radius 1 is 0.259 bits per heavy atom. The summed E-state index contributed by atoms with van der Waals surface area (Å²) in [6.45, 7) is 0. The van der Waals surface area contributed by atoms with Crippen molar-refractivity contribution in [3.8, 4) is 44.5 Å². The van der Waals surface area contributed by atoms with Crippen LogP contribution in [0.15, 0.2) is 217 Å². The first-order valence-corrected chi connectivity index (χ1v) is 18.4. The molecular formula is C52H35NO. The van der Waals surface area contributed by atoms with Gasteiger partial charge in [-0.1, -0.05) is 140 Å². The van der Waals surface area contributed by atoms with Crippen LogP contribution in [0.1, 0.15) is 0 Å². The molecule has 1 heterocycles. The largest absolute Gasteiger partial charge is 0.464 e. The van der Waals surface area contributed by atoms with Crippen molar-refractivity contribution in [3.05, 3.63) is 213 Å². The molecule has 254 valence electrons. The Morgan fingerprint density at radius 3 is 1.04 bits per heavy atom. The lowest BCUT2D eigenvalue weighted by molar-refractivity contribution is 0.616. The summed E-state index contributed by atoms with van der Waals surface area (Å²) in [6, 6.07) is 74.3. The van der Waals surface area contributed by atoms with Gasteiger partial charge in [-0.3, -0.25) is 0 Å². The summed E-state index contributed by atoms with van der Waals surface area (Å²) >= 11 is 0. The van der Waals surface area contributed by atoms with Gasteiger partial charge in [-0.05, 0) is 133 Å². The fourth-order valence-corrected chi connectivity index (χ4v) is 7.60. The molecule has 10 aromatic rings. The van der Waals surface area contributed by atoms with E-state index < -0.39 is 0 Å². The molecule has 0 amide bonds.